The van der Waals surface area contributed by atoms with Crippen molar-refractivity contribution < 1.29 is 0 Å². The number of rotatable bonds is 2. The van der Waals surface area contributed by atoms with Gasteiger partial charge in [-0.15, -0.1) is 22.9 Å². The van der Waals surface area contributed by atoms with Crippen molar-refractivity contribution in [3.8, 4) is 0 Å². The minimum Gasteiger partial charge on any atom is -0.143 e. The second-order valence-electron chi connectivity index (χ2n) is 5.37. The molecule has 0 spiro atoms. The Morgan fingerprint density at radius 2 is 1.61 bits per heavy atom. The van der Waals surface area contributed by atoms with Crippen LogP contribution in [0.5, 0.6) is 0 Å². The highest BCUT2D eigenvalue weighted by atomic mass is 35.5. The van der Waals surface area contributed by atoms with Gasteiger partial charge in [0, 0.05) is 14.8 Å². The monoisotopic (exact) mass is 298 g/mol. The normalized spacial score (nSPS) is 13.6. The lowest BCUT2D eigenvalue weighted by Crippen LogP contribution is -2.07. The highest BCUT2D eigenvalue weighted by Crippen LogP contribution is 2.37. The average Bonchev–Trinajstić information content (AvgIpc) is 2.78. The maximum absolute atomic E-state index is 6.51. The Morgan fingerprint density at radius 1 is 1.00 bits per heavy atom. The van der Waals surface area contributed by atoms with Gasteiger partial charge in [0.2, 0.25) is 0 Å². The van der Waals surface area contributed by atoms with E-state index in [9.17, 15) is 0 Å². The first kappa shape index (κ1) is 13.9. The molecule has 1 atom stereocenters. The predicted molar refractivity (Wildman–Crippen MR) is 82.2 cm³/mol. The summed E-state index contributed by atoms with van der Waals surface area (Å²) in [5.74, 6) is 0. The van der Waals surface area contributed by atoms with Gasteiger partial charge in [-0.2, -0.15) is 0 Å². The van der Waals surface area contributed by atoms with E-state index in [-0.39, 0.29) is 10.8 Å². The van der Waals surface area contributed by atoms with E-state index in [0.717, 1.165) is 10.6 Å². The molecule has 0 aliphatic carbocycles. The minimum absolute atomic E-state index is 0.0941. The van der Waals surface area contributed by atoms with Gasteiger partial charge in [0.05, 0.1) is 5.38 Å². The first-order valence-electron chi connectivity index (χ1n) is 5.87. The molecule has 0 saturated carbocycles. The molecule has 0 bridgehead atoms. The Labute approximate surface area is 123 Å². The highest BCUT2D eigenvalue weighted by Gasteiger charge is 2.19. The zero-order valence-electron chi connectivity index (χ0n) is 10.7. The van der Waals surface area contributed by atoms with E-state index in [4.69, 9.17) is 23.2 Å². The average molecular weight is 299 g/mol. The van der Waals surface area contributed by atoms with Crippen molar-refractivity contribution in [1.82, 2.24) is 0 Å². The Kier molecular flexibility index (Phi) is 4.05. The van der Waals surface area contributed by atoms with Crippen LogP contribution in [0.4, 0.5) is 0 Å². The fraction of sp³-hybridized carbons (Fsp3) is 0.333. The van der Waals surface area contributed by atoms with Crippen molar-refractivity contribution in [1.29, 1.82) is 0 Å². The molecule has 0 aliphatic heterocycles. The smallest absolute Gasteiger partial charge is 0.0927 e. The van der Waals surface area contributed by atoms with E-state index in [1.54, 1.807) is 11.3 Å². The van der Waals surface area contributed by atoms with Crippen LogP contribution in [-0.4, -0.2) is 0 Å². The van der Waals surface area contributed by atoms with Crippen molar-refractivity contribution in [3.05, 3.63) is 56.7 Å². The molecule has 1 heterocycles. The van der Waals surface area contributed by atoms with Gasteiger partial charge in [-0.3, -0.25) is 0 Å². The lowest BCUT2D eigenvalue weighted by molar-refractivity contribution is 0.604. The lowest BCUT2D eigenvalue weighted by Gasteiger charge is -2.15. The maximum atomic E-state index is 6.51. The number of halogens is 2. The second-order valence-corrected chi connectivity index (χ2v) is 7.35. The van der Waals surface area contributed by atoms with E-state index < -0.39 is 0 Å². The summed E-state index contributed by atoms with van der Waals surface area (Å²) in [5, 5.41) is 0.646. The van der Waals surface area contributed by atoms with Crippen LogP contribution in [0.1, 0.15) is 41.5 Å². The summed E-state index contributed by atoms with van der Waals surface area (Å²) in [6, 6.07) is 12.0. The molecular formula is C15H16Cl2S. The van der Waals surface area contributed by atoms with E-state index in [0.29, 0.717) is 0 Å². The van der Waals surface area contributed by atoms with Gasteiger partial charge in [0.25, 0.3) is 0 Å². The molecule has 2 aromatic rings. The highest BCUT2D eigenvalue weighted by molar-refractivity contribution is 7.12. The zero-order chi connectivity index (χ0) is 13.3. The summed E-state index contributed by atoms with van der Waals surface area (Å²) in [5.41, 5.74) is 1.27. The zero-order valence-corrected chi connectivity index (χ0v) is 13.0. The van der Waals surface area contributed by atoms with Gasteiger partial charge in [-0.1, -0.05) is 44.5 Å². The third-order valence-electron chi connectivity index (χ3n) is 2.78. The van der Waals surface area contributed by atoms with Crippen LogP contribution in [0, 0.1) is 0 Å². The van der Waals surface area contributed by atoms with E-state index in [1.807, 2.05) is 24.3 Å². The van der Waals surface area contributed by atoms with E-state index in [1.165, 1.54) is 9.75 Å². The molecule has 2 rings (SSSR count). The quantitative estimate of drug-likeness (QED) is 0.594. The summed E-state index contributed by atoms with van der Waals surface area (Å²) in [7, 11) is 0. The van der Waals surface area contributed by atoms with Crippen LogP contribution in [0.2, 0.25) is 5.02 Å². The van der Waals surface area contributed by atoms with Crippen molar-refractivity contribution in [2.45, 2.75) is 31.6 Å². The van der Waals surface area contributed by atoms with E-state index >= 15 is 0 Å². The van der Waals surface area contributed by atoms with Crippen LogP contribution >= 0.6 is 34.5 Å². The largest absolute Gasteiger partial charge is 0.143 e. The van der Waals surface area contributed by atoms with Crippen LogP contribution in [0.25, 0.3) is 0 Å². The molecule has 0 nitrogen and oxygen atoms in total. The molecule has 0 aliphatic rings. The molecular weight excluding hydrogens is 283 g/mol. The Balaban J connectivity index is 2.26. The van der Waals surface area contributed by atoms with Gasteiger partial charge >= 0.3 is 0 Å². The fourth-order valence-corrected chi connectivity index (χ4v) is 3.24. The van der Waals surface area contributed by atoms with Gasteiger partial charge in [0.1, 0.15) is 0 Å². The summed E-state index contributed by atoms with van der Waals surface area (Å²) in [6.07, 6.45) is 0. The van der Waals surface area contributed by atoms with Crippen molar-refractivity contribution in [2.75, 3.05) is 0 Å². The SMILES string of the molecule is CC(C)(C)c1ccc(C(Cl)c2ccc(Cl)cc2)s1. The third kappa shape index (κ3) is 3.09. The Morgan fingerprint density at radius 3 is 2.11 bits per heavy atom. The van der Waals surface area contributed by atoms with Gasteiger partial charge in [0.15, 0.2) is 0 Å². The summed E-state index contributed by atoms with van der Waals surface area (Å²) >= 11 is 14.2. The molecule has 0 amide bonds. The van der Waals surface area contributed by atoms with Crippen LogP contribution < -0.4 is 0 Å². The first-order valence-corrected chi connectivity index (χ1v) is 7.51. The molecule has 96 valence electrons. The van der Waals surface area contributed by atoms with Gasteiger partial charge in [-0.25, -0.2) is 0 Å². The van der Waals surface area contributed by atoms with E-state index in [2.05, 4.69) is 32.9 Å². The third-order valence-corrected chi connectivity index (χ3v) is 5.22. The second kappa shape index (κ2) is 5.24. The molecule has 18 heavy (non-hydrogen) atoms. The molecule has 3 heteroatoms. The number of alkyl halides is 1. The Hall–Kier alpha value is -0.500. The van der Waals surface area contributed by atoms with Crippen molar-refractivity contribution >= 4 is 34.5 Å². The van der Waals surface area contributed by atoms with Crippen molar-refractivity contribution in [2.24, 2.45) is 0 Å². The minimum atomic E-state index is -0.0941. The summed E-state index contributed by atoms with van der Waals surface area (Å²) in [6.45, 7) is 6.65. The molecule has 1 unspecified atom stereocenters. The summed E-state index contributed by atoms with van der Waals surface area (Å²) in [4.78, 5) is 2.54. The topological polar surface area (TPSA) is 0 Å². The van der Waals surface area contributed by atoms with Crippen LogP contribution in [-0.2, 0) is 5.41 Å². The number of benzene rings is 1. The Bertz CT molecular complexity index is 520. The molecule has 0 radical (unpaired) electrons. The molecule has 1 aromatic heterocycles. The first-order chi connectivity index (χ1) is 8.38. The molecule has 1 aromatic carbocycles. The van der Waals surface area contributed by atoms with Crippen LogP contribution in [0.3, 0.4) is 0 Å². The van der Waals surface area contributed by atoms with Crippen molar-refractivity contribution in [3.63, 3.8) is 0 Å². The van der Waals surface area contributed by atoms with Gasteiger partial charge < -0.3 is 0 Å². The molecule has 0 N–H and O–H groups in total. The standard InChI is InChI=1S/C15H16Cl2S/c1-15(2,3)13-9-8-12(18-13)14(17)10-4-6-11(16)7-5-10/h4-9,14H,1-3H3. The number of hydrogen-bond donors (Lipinski definition) is 0. The van der Waals surface area contributed by atoms with Crippen LogP contribution in [0.15, 0.2) is 36.4 Å². The number of thiophene rings is 1. The summed E-state index contributed by atoms with van der Waals surface area (Å²) < 4.78 is 0. The number of hydrogen-bond acceptors (Lipinski definition) is 1. The predicted octanol–water partition coefficient (Wildman–Crippen LogP) is 6.03. The molecule has 0 fully saturated rings. The fourth-order valence-electron chi connectivity index (χ4n) is 1.69. The maximum Gasteiger partial charge on any atom is 0.0927 e. The van der Waals surface area contributed by atoms with Gasteiger partial charge in [-0.05, 0) is 35.2 Å². The molecule has 0 saturated heterocycles. The lowest BCUT2D eigenvalue weighted by atomic mass is 9.95.